The molecule has 41 heavy (non-hydrogen) atoms. The van der Waals surface area contributed by atoms with Gasteiger partial charge in [0, 0.05) is 36.3 Å². The number of unbranched alkanes of at least 4 members (excludes halogenated alkanes) is 2. The van der Waals surface area contributed by atoms with E-state index in [1.54, 1.807) is 25.0 Å². The van der Waals surface area contributed by atoms with E-state index in [1.165, 1.54) is 14.0 Å². The fraction of sp³-hybridized carbons (Fsp3) is 0.290. The molecule has 0 aliphatic carbocycles. The van der Waals surface area contributed by atoms with Crippen LogP contribution in [0.1, 0.15) is 43.1 Å². The van der Waals surface area contributed by atoms with E-state index in [2.05, 4.69) is 15.7 Å². The van der Waals surface area contributed by atoms with Crippen molar-refractivity contribution in [3.8, 4) is 28.4 Å². The summed E-state index contributed by atoms with van der Waals surface area (Å²) >= 11 is 0. The van der Waals surface area contributed by atoms with E-state index in [0.29, 0.717) is 47.1 Å². The standard InChI is InChI=1S/C31H34N4O6/c1-20(36)32-18-9-5-6-15-29(37)33-23-16-17-25(22-12-8-7-11-21(22)23)35-26(19-24(34-35)31(38)41-4)30-27(39-2)13-10-14-28(30)40-3/h7-8,10-14,16-17,19H,5-6,9,15,18H2,1-4H3,(H,32,36)(H,33,37). The maximum Gasteiger partial charge on any atom is 0.358 e. The predicted molar refractivity (Wildman–Crippen MR) is 157 cm³/mol. The molecular weight excluding hydrogens is 524 g/mol. The van der Waals surface area contributed by atoms with Crippen LogP contribution >= 0.6 is 0 Å². The minimum absolute atomic E-state index is 0.0520. The molecule has 0 bridgehead atoms. The molecule has 1 aromatic heterocycles. The van der Waals surface area contributed by atoms with Crippen molar-refractivity contribution >= 4 is 34.2 Å². The summed E-state index contributed by atoms with van der Waals surface area (Å²) in [7, 11) is 4.44. The van der Waals surface area contributed by atoms with Gasteiger partial charge in [0.05, 0.1) is 38.3 Å². The van der Waals surface area contributed by atoms with Gasteiger partial charge in [0.15, 0.2) is 5.69 Å². The summed E-state index contributed by atoms with van der Waals surface area (Å²) in [6.07, 6.45) is 2.75. The van der Waals surface area contributed by atoms with Crippen LogP contribution in [0.4, 0.5) is 5.69 Å². The molecule has 1 heterocycles. The lowest BCUT2D eigenvalue weighted by Gasteiger charge is -2.17. The molecule has 2 amide bonds. The molecule has 0 fully saturated rings. The van der Waals surface area contributed by atoms with Gasteiger partial charge in [-0.3, -0.25) is 9.59 Å². The number of amides is 2. The van der Waals surface area contributed by atoms with E-state index in [4.69, 9.17) is 14.2 Å². The Kier molecular flexibility index (Phi) is 9.57. The summed E-state index contributed by atoms with van der Waals surface area (Å²) < 4.78 is 17.9. The molecular formula is C31H34N4O6. The van der Waals surface area contributed by atoms with Gasteiger partial charge in [0.1, 0.15) is 11.5 Å². The average Bonchev–Trinajstić information content (AvgIpc) is 3.42. The van der Waals surface area contributed by atoms with Crippen LogP contribution in [0.3, 0.4) is 0 Å². The summed E-state index contributed by atoms with van der Waals surface area (Å²) in [5, 5.41) is 12.0. The minimum atomic E-state index is -0.580. The second-order valence-electron chi connectivity index (χ2n) is 9.38. The number of ether oxygens (including phenoxy) is 3. The van der Waals surface area contributed by atoms with Crippen LogP contribution < -0.4 is 20.1 Å². The van der Waals surface area contributed by atoms with Crippen molar-refractivity contribution in [1.29, 1.82) is 0 Å². The van der Waals surface area contributed by atoms with E-state index in [1.807, 2.05) is 54.6 Å². The summed E-state index contributed by atoms with van der Waals surface area (Å²) in [5.74, 6) is 0.376. The zero-order chi connectivity index (χ0) is 29.4. The molecule has 2 N–H and O–H groups in total. The summed E-state index contributed by atoms with van der Waals surface area (Å²) in [6, 6.07) is 18.4. The van der Waals surface area contributed by atoms with Crippen molar-refractivity contribution in [2.24, 2.45) is 0 Å². The lowest BCUT2D eigenvalue weighted by molar-refractivity contribution is -0.119. The molecule has 0 aliphatic rings. The first kappa shape index (κ1) is 29.1. The third kappa shape index (κ3) is 6.66. The summed E-state index contributed by atoms with van der Waals surface area (Å²) in [5.41, 5.74) is 2.68. The molecule has 4 rings (SSSR count). The molecule has 0 unspecified atom stereocenters. The van der Waals surface area contributed by atoms with Gasteiger partial charge in [-0.2, -0.15) is 5.10 Å². The number of benzene rings is 3. The zero-order valence-electron chi connectivity index (χ0n) is 23.7. The average molecular weight is 559 g/mol. The Hall–Kier alpha value is -4.86. The molecule has 214 valence electrons. The molecule has 10 heteroatoms. The maximum absolute atomic E-state index is 12.8. The lowest BCUT2D eigenvalue weighted by Crippen LogP contribution is -2.20. The van der Waals surface area contributed by atoms with Crippen LogP contribution in [-0.2, 0) is 14.3 Å². The number of hydrogen-bond donors (Lipinski definition) is 2. The predicted octanol–water partition coefficient (Wildman–Crippen LogP) is 5.13. The number of carbonyl (C=O) groups is 3. The van der Waals surface area contributed by atoms with Crippen LogP contribution in [0.15, 0.2) is 60.7 Å². The molecule has 4 aromatic rings. The highest BCUT2D eigenvalue weighted by Crippen LogP contribution is 2.41. The first-order valence-corrected chi connectivity index (χ1v) is 13.3. The highest BCUT2D eigenvalue weighted by Gasteiger charge is 2.24. The Balaban J connectivity index is 1.70. The molecule has 10 nitrogen and oxygen atoms in total. The van der Waals surface area contributed by atoms with Crippen LogP contribution in [0.2, 0.25) is 0 Å². The van der Waals surface area contributed by atoms with Gasteiger partial charge >= 0.3 is 5.97 Å². The monoisotopic (exact) mass is 558 g/mol. The zero-order valence-corrected chi connectivity index (χ0v) is 23.7. The normalized spacial score (nSPS) is 10.7. The van der Waals surface area contributed by atoms with Crippen LogP contribution in [0.25, 0.3) is 27.7 Å². The molecule has 0 saturated carbocycles. The molecule has 0 radical (unpaired) electrons. The van der Waals surface area contributed by atoms with Crippen LogP contribution in [0, 0.1) is 0 Å². The molecule has 0 saturated heterocycles. The number of hydrogen-bond acceptors (Lipinski definition) is 7. The first-order valence-electron chi connectivity index (χ1n) is 13.3. The second kappa shape index (κ2) is 13.5. The summed E-state index contributed by atoms with van der Waals surface area (Å²) in [6.45, 7) is 2.10. The fourth-order valence-electron chi connectivity index (χ4n) is 4.69. The molecule has 0 atom stereocenters. The summed E-state index contributed by atoms with van der Waals surface area (Å²) in [4.78, 5) is 36.3. The number of fused-ring (bicyclic) bond motifs is 1. The number of methoxy groups -OCH3 is 3. The molecule has 0 aliphatic heterocycles. The number of nitrogens with one attached hydrogen (secondary N) is 2. The van der Waals surface area contributed by atoms with Gasteiger partial charge < -0.3 is 24.8 Å². The van der Waals surface area contributed by atoms with Gasteiger partial charge in [0.25, 0.3) is 0 Å². The van der Waals surface area contributed by atoms with Crippen molar-refractivity contribution in [1.82, 2.24) is 15.1 Å². The number of esters is 1. The Morgan fingerprint density at radius 3 is 2.22 bits per heavy atom. The minimum Gasteiger partial charge on any atom is -0.496 e. The van der Waals surface area contributed by atoms with E-state index in [0.717, 1.165) is 30.0 Å². The van der Waals surface area contributed by atoms with Crippen molar-refractivity contribution in [3.05, 3.63) is 66.4 Å². The van der Waals surface area contributed by atoms with Crippen molar-refractivity contribution in [2.45, 2.75) is 32.6 Å². The third-order valence-electron chi connectivity index (χ3n) is 6.65. The smallest absolute Gasteiger partial charge is 0.358 e. The number of rotatable bonds is 12. The van der Waals surface area contributed by atoms with E-state index < -0.39 is 5.97 Å². The van der Waals surface area contributed by atoms with Gasteiger partial charge in [-0.05, 0) is 43.2 Å². The topological polar surface area (TPSA) is 121 Å². The number of carbonyl (C=O) groups excluding carboxylic acids is 3. The van der Waals surface area contributed by atoms with Gasteiger partial charge in [0.2, 0.25) is 11.8 Å². The van der Waals surface area contributed by atoms with Gasteiger partial charge in [-0.1, -0.05) is 36.8 Å². The third-order valence-corrected chi connectivity index (χ3v) is 6.65. The van der Waals surface area contributed by atoms with Crippen molar-refractivity contribution in [3.63, 3.8) is 0 Å². The molecule has 3 aromatic carbocycles. The van der Waals surface area contributed by atoms with Gasteiger partial charge in [-0.15, -0.1) is 0 Å². The van der Waals surface area contributed by atoms with Crippen LogP contribution in [0.5, 0.6) is 11.5 Å². The SMILES string of the molecule is COC(=O)c1cc(-c2c(OC)cccc2OC)n(-c2ccc(NC(=O)CCCCCNC(C)=O)c3ccccc23)n1. The number of aromatic nitrogens is 2. The van der Waals surface area contributed by atoms with Crippen molar-refractivity contribution in [2.75, 3.05) is 33.2 Å². The van der Waals surface area contributed by atoms with E-state index in [9.17, 15) is 14.4 Å². The second-order valence-corrected chi connectivity index (χ2v) is 9.38. The Bertz CT molecular complexity index is 1540. The quantitative estimate of drug-likeness (QED) is 0.183. The lowest BCUT2D eigenvalue weighted by atomic mass is 10.0. The highest BCUT2D eigenvalue weighted by molar-refractivity contribution is 6.05. The Morgan fingerprint density at radius 2 is 1.56 bits per heavy atom. The Labute approximate surface area is 238 Å². The maximum atomic E-state index is 12.8. The van der Waals surface area contributed by atoms with Crippen molar-refractivity contribution < 1.29 is 28.6 Å². The highest BCUT2D eigenvalue weighted by atomic mass is 16.5. The van der Waals surface area contributed by atoms with Gasteiger partial charge in [-0.25, -0.2) is 9.48 Å². The van der Waals surface area contributed by atoms with E-state index in [-0.39, 0.29) is 17.5 Å². The first-order chi connectivity index (χ1) is 19.9. The number of anilines is 1. The van der Waals surface area contributed by atoms with E-state index >= 15 is 0 Å². The largest absolute Gasteiger partial charge is 0.496 e. The Morgan fingerprint density at radius 1 is 0.854 bits per heavy atom. The fourth-order valence-corrected chi connectivity index (χ4v) is 4.69. The molecule has 0 spiro atoms. The number of nitrogens with zero attached hydrogens (tertiary/aromatic N) is 2. The van der Waals surface area contributed by atoms with Crippen LogP contribution in [-0.4, -0.2) is 55.4 Å².